The molecule has 29 heavy (non-hydrogen) atoms. The molecule has 3 nitrogen and oxygen atoms in total. The summed E-state index contributed by atoms with van der Waals surface area (Å²) < 4.78 is 55.0. The fourth-order valence-electron chi connectivity index (χ4n) is 2.68. The average molecular weight is 445 g/mol. The van der Waals surface area contributed by atoms with Crippen LogP contribution in [0.4, 0.5) is 13.2 Å². The van der Waals surface area contributed by atoms with E-state index in [-0.39, 0.29) is 6.10 Å². The molecule has 0 aromatic heterocycles. The lowest BCUT2D eigenvalue weighted by molar-refractivity contribution is -0.189. The zero-order chi connectivity index (χ0) is 20.9. The van der Waals surface area contributed by atoms with Gasteiger partial charge in [-0.25, -0.2) is 0 Å². The van der Waals surface area contributed by atoms with Crippen LogP contribution in [0, 0.1) is 0 Å². The van der Waals surface area contributed by atoms with Gasteiger partial charge in [0.15, 0.2) is 6.29 Å². The third-order valence-corrected chi connectivity index (χ3v) is 5.33. The highest BCUT2D eigenvalue weighted by atomic mass is 35.5. The second-order valence-corrected chi connectivity index (χ2v) is 7.77. The third kappa shape index (κ3) is 6.76. The Labute approximate surface area is 177 Å². The SMILES string of the molecule is C/C(=C\c1ccc(C(F)(F)F)cc1)C1OCC(OSCc2ccc(Cl)cc2)CO1. The lowest BCUT2D eigenvalue weighted by Gasteiger charge is -2.29. The van der Waals surface area contributed by atoms with E-state index in [1.807, 2.05) is 31.2 Å². The molecular formula is C21H20ClF3O3S. The molecule has 1 fully saturated rings. The Morgan fingerprint density at radius 1 is 1.10 bits per heavy atom. The molecule has 8 heteroatoms. The predicted octanol–water partition coefficient (Wildman–Crippen LogP) is 6.37. The van der Waals surface area contributed by atoms with Crippen molar-refractivity contribution in [1.29, 1.82) is 0 Å². The first-order chi connectivity index (χ1) is 13.8. The minimum atomic E-state index is -4.34. The minimum Gasteiger partial charge on any atom is -0.346 e. The van der Waals surface area contributed by atoms with Crippen LogP contribution in [-0.4, -0.2) is 25.6 Å². The van der Waals surface area contributed by atoms with Crippen molar-refractivity contribution < 1.29 is 26.8 Å². The monoisotopic (exact) mass is 444 g/mol. The Balaban J connectivity index is 1.44. The largest absolute Gasteiger partial charge is 0.416 e. The Kier molecular flexibility index (Phi) is 7.65. The van der Waals surface area contributed by atoms with Crippen LogP contribution in [0.2, 0.25) is 5.02 Å². The zero-order valence-corrected chi connectivity index (χ0v) is 17.2. The number of benzene rings is 2. The smallest absolute Gasteiger partial charge is 0.346 e. The first kappa shape index (κ1) is 22.2. The summed E-state index contributed by atoms with van der Waals surface area (Å²) in [6.07, 6.45) is -3.32. The summed E-state index contributed by atoms with van der Waals surface area (Å²) in [7, 11) is 0. The van der Waals surface area contributed by atoms with Crippen molar-refractivity contribution in [1.82, 2.24) is 0 Å². The Morgan fingerprint density at radius 2 is 1.72 bits per heavy atom. The molecule has 3 rings (SSSR count). The number of hydrogen-bond acceptors (Lipinski definition) is 4. The van der Waals surface area contributed by atoms with Crippen LogP contribution in [0.25, 0.3) is 6.08 Å². The molecule has 0 atom stereocenters. The van der Waals surface area contributed by atoms with Gasteiger partial charge in [0.05, 0.1) is 18.8 Å². The lowest BCUT2D eigenvalue weighted by atomic mass is 10.1. The average Bonchev–Trinajstić information content (AvgIpc) is 2.70. The number of halogens is 4. The number of rotatable bonds is 6. The molecule has 1 saturated heterocycles. The Hall–Kier alpha value is -1.51. The first-order valence-corrected chi connectivity index (χ1v) is 10.2. The molecule has 1 heterocycles. The van der Waals surface area contributed by atoms with Crippen LogP contribution in [0.1, 0.15) is 23.6 Å². The van der Waals surface area contributed by atoms with E-state index in [1.54, 1.807) is 6.08 Å². The first-order valence-electron chi connectivity index (χ1n) is 8.92. The van der Waals surface area contributed by atoms with Gasteiger partial charge in [-0.3, -0.25) is 0 Å². The van der Waals surface area contributed by atoms with Gasteiger partial charge >= 0.3 is 6.18 Å². The molecular weight excluding hydrogens is 425 g/mol. The van der Waals surface area contributed by atoms with Gasteiger partial charge in [-0.2, -0.15) is 13.2 Å². The van der Waals surface area contributed by atoms with E-state index in [2.05, 4.69) is 0 Å². The van der Waals surface area contributed by atoms with Gasteiger partial charge in [0.1, 0.15) is 6.10 Å². The van der Waals surface area contributed by atoms with Crippen molar-refractivity contribution in [2.45, 2.75) is 31.2 Å². The molecule has 0 saturated carbocycles. The van der Waals surface area contributed by atoms with Crippen molar-refractivity contribution >= 4 is 29.7 Å². The molecule has 156 valence electrons. The van der Waals surface area contributed by atoms with E-state index in [0.717, 1.165) is 23.3 Å². The van der Waals surface area contributed by atoms with E-state index in [4.69, 9.17) is 25.3 Å². The molecule has 1 aliphatic heterocycles. The van der Waals surface area contributed by atoms with Crippen LogP contribution >= 0.6 is 23.6 Å². The van der Waals surface area contributed by atoms with Gasteiger partial charge in [-0.05, 0) is 59.9 Å². The van der Waals surface area contributed by atoms with E-state index in [1.165, 1.54) is 24.2 Å². The van der Waals surface area contributed by atoms with Crippen molar-refractivity contribution in [3.8, 4) is 0 Å². The molecule has 2 aromatic carbocycles. The molecule has 0 amide bonds. The van der Waals surface area contributed by atoms with Crippen LogP contribution in [0.15, 0.2) is 54.1 Å². The molecule has 0 N–H and O–H groups in total. The summed E-state index contributed by atoms with van der Waals surface area (Å²) in [6, 6.07) is 12.5. The fourth-order valence-corrected chi connectivity index (χ4v) is 3.51. The third-order valence-electron chi connectivity index (χ3n) is 4.21. The molecule has 0 spiro atoms. The van der Waals surface area contributed by atoms with Gasteiger partial charge in [-0.15, -0.1) is 0 Å². The fraction of sp³-hybridized carbons (Fsp3) is 0.333. The molecule has 0 bridgehead atoms. The van der Waals surface area contributed by atoms with E-state index < -0.39 is 18.0 Å². The number of hydrogen-bond donors (Lipinski definition) is 0. The normalized spacial score (nSPS) is 20.7. The second-order valence-electron chi connectivity index (χ2n) is 6.61. The highest BCUT2D eigenvalue weighted by Gasteiger charge is 2.30. The summed E-state index contributed by atoms with van der Waals surface area (Å²) >= 11 is 7.19. The molecule has 0 radical (unpaired) electrons. The zero-order valence-electron chi connectivity index (χ0n) is 15.6. The van der Waals surface area contributed by atoms with E-state index in [0.29, 0.717) is 29.6 Å². The Bertz CT molecular complexity index is 815. The molecule has 0 unspecified atom stereocenters. The van der Waals surface area contributed by atoms with Crippen molar-refractivity contribution in [2.24, 2.45) is 0 Å². The number of ether oxygens (including phenoxy) is 2. The quantitative estimate of drug-likeness (QED) is 0.484. The van der Waals surface area contributed by atoms with Gasteiger partial charge in [0, 0.05) is 10.8 Å². The summed E-state index contributed by atoms with van der Waals surface area (Å²) in [6.45, 7) is 2.56. The predicted molar refractivity (Wildman–Crippen MR) is 108 cm³/mol. The number of alkyl halides is 3. The Morgan fingerprint density at radius 3 is 2.31 bits per heavy atom. The van der Waals surface area contributed by atoms with Crippen LogP contribution in [0.5, 0.6) is 0 Å². The van der Waals surface area contributed by atoms with Gasteiger partial charge in [-0.1, -0.05) is 41.9 Å². The standard InChI is InChI=1S/C21H20ClF3O3S/c1-14(10-15-2-6-17(7-3-15)21(23,24)25)20-26-11-19(12-27-20)28-29-13-16-4-8-18(22)9-5-16/h2-10,19-20H,11-13H2,1H3/b14-10+. The van der Waals surface area contributed by atoms with Crippen LogP contribution in [-0.2, 0) is 25.6 Å². The van der Waals surface area contributed by atoms with Crippen molar-refractivity contribution in [3.63, 3.8) is 0 Å². The summed E-state index contributed by atoms with van der Waals surface area (Å²) in [5, 5.41) is 0.694. The summed E-state index contributed by atoms with van der Waals surface area (Å²) in [4.78, 5) is 0. The summed E-state index contributed by atoms with van der Waals surface area (Å²) in [5.74, 6) is 0.684. The molecule has 0 aliphatic carbocycles. The maximum Gasteiger partial charge on any atom is 0.416 e. The summed E-state index contributed by atoms with van der Waals surface area (Å²) in [5.41, 5.74) is 1.86. The highest BCUT2D eigenvalue weighted by Crippen LogP contribution is 2.29. The highest BCUT2D eigenvalue weighted by molar-refractivity contribution is 7.93. The topological polar surface area (TPSA) is 27.7 Å². The van der Waals surface area contributed by atoms with Gasteiger partial charge < -0.3 is 13.7 Å². The van der Waals surface area contributed by atoms with Crippen molar-refractivity contribution in [2.75, 3.05) is 13.2 Å². The lowest BCUT2D eigenvalue weighted by Crippen LogP contribution is -2.36. The molecule has 1 aliphatic rings. The van der Waals surface area contributed by atoms with Gasteiger partial charge in [0.25, 0.3) is 0 Å². The van der Waals surface area contributed by atoms with Crippen molar-refractivity contribution in [3.05, 3.63) is 75.8 Å². The second kappa shape index (κ2) is 10.00. The van der Waals surface area contributed by atoms with E-state index >= 15 is 0 Å². The maximum absolute atomic E-state index is 12.6. The van der Waals surface area contributed by atoms with Gasteiger partial charge in [0.2, 0.25) is 0 Å². The van der Waals surface area contributed by atoms with Crippen LogP contribution in [0.3, 0.4) is 0 Å². The minimum absolute atomic E-state index is 0.192. The van der Waals surface area contributed by atoms with Crippen LogP contribution < -0.4 is 0 Å². The maximum atomic E-state index is 12.6. The molecule has 2 aromatic rings. The van der Waals surface area contributed by atoms with E-state index in [9.17, 15) is 13.2 Å².